The lowest BCUT2D eigenvalue weighted by molar-refractivity contribution is 0.590. The maximum absolute atomic E-state index is 10.6. The summed E-state index contributed by atoms with van der Waals surface area (Å²) in [7, 11) is 0. The molecular formula is C80H80N12. The van der Waals surface area contributed by atoms with Crippen molar-refractivity contribution in [3.05, 3.63) is 213 Å². The van der Waals surface area contributed by atoms with Crippen LogP contribution < -0.4 is 0 Å². The second-order valence-electron chi connectivity index (χ2n) is 30.7. The smallest absolute Gasteiger partial charge is 0.184 e. The Morgan fingerprint density at radius 1 is 0.250 bits per heavy atom. The fraction of sp³-hybridized carbons (Fsp3) is 0.300. The fourth-order valence-electron chi connectivity index (χ4n) is 12.1. The van der Waals surface area contributed by atoms with E-state index in [9.17, 15) is 10.5 Å². The van der Waals surface area contributed by atoms with Crippen molar-refractivity contribution >= 4 is 33.7 Å². The summed E-state index contributed by atoms with van der Waals surface area (Å²) in [5.74, 6) is 1.13. The Balaban J connectivity index is 1.33. The van der Waals surface area contributed by atoms with Crippen LogP contribution in [0.2, 0.25) is 0 Å². The molecule has 12 nitrogen and oxygen atoms in total. The maximum Gasteiger partial charge on any atom is 0.184 e. The van der Waals surface area contributed by atoms with E-state index >= 15 is 0 Å². The molecule has 8 bridgehead atoms. The molecule has 460 valence electrons. The van der Waals surface area contributed by atoms with Crippen LogP contribution in [-0.2, 0) is 32.5 Å². The quantitative estimate of drug-likeness (QED) is 0.162. The van der Waals surface area contributed by atoms with E-state index in [1.54, 1.807) is 0 Å². The van der Waals surface area contributed by atoms with Crippen LogP contribution in [0, 0.1) is 22.7 Å². The van der Waals surface area contributed by atoms with Gasteiger partial charge in [0.25, 0.3) is 0 Å². The van der Waals surface area contributed by atoms with Crippen molar-refractivity contribution in [1.29, 1.82) is 10.5 Å². The lowest BCUT2D eigenvalue weighted by atomic mass is 9.84. The first-order valence-electron chi connectivity index (χ1n) is 31.7. The van der Waals surface area contributed by atoms with E-state index in [4.69, 9.17) is 39.9 Å². The molecule has 0 atom stereocenters. The summed E-state index contributed by atoms with van der Waals surface area (Å²) in [6, 6.07) is 56.4. The Hall–Kier alpha value is -10.0. The van der Waals surface area contributed by atoms with Gasteiger partial charge >= 0.3 is 0 Å². The van der Waals surface area contributed by atoms with E-state index in [0.717, 1.165) is 77.9 Å². The minimum atomic E-state index is -0.160. The Kier molecular flexibility index (Phi) is 15.1. The van der Waals surface area contributed by atoms with E-state index in [1.807, 2.05) is 0 Å². The van der Waals surface area contributed by atoms with Gasteiger partial charge in [-0.25, -0.2) is 39.9 Å². The summed E-state index contributed by atoms with van der Waals surface area (Å²) in [4.78, 5) is 50.9. The van der Waals surface area contributed by atoms with Gasteiger partial charge in [0.15, 0.2) is 34.7 Å². The van der Waals surface area contributed by atoms with Crippen molar-refractivity contribution in [2.24, 2.45) is 0 Å². The van der Waals surface area contributed by atoms with E-state index in [1.165, 1.54) is 22.3 Å². The number of hydrogen-bond donors (Lipinski definition) is 2. The fourth-order valence-corrected chi connectivity index (χ4v) is 12.1. The molecule has 92 heavy (non-hydrogen) atoms. The van der Waals surface area contributed by atoms with E-state index in [0.29, 0.717) is 34.2 Å². The number of aromatic nitrogens is 10. The molecule has 0 spiro atoms. The number of benzene rings is 6. The number of aromatic amines is 2. The van der Waals surface area contributed by atoms with Crippen LogP contribution in [0.1, 0.15) is 192 Å². The third-order valence-electron chi connectivity index (χ3n) is 17.7. The van der Waals surface area contributed by atoms with Crippen molar-refractivity contribution in [2.45, 2.75) is 157 Å². The molecule has 0 saturated carbocycles. The lowest BCUT2D eigenvalue weighted by Gasteiger charge is -2.20. The van der Waals surface area contributed by atoms with E-state index < -0.39 is 0 Å². The summed E-state index contributed by atoms with van der Waals surface area (Å²) in [5, 5.41) is 21.2. The highest BCUT2D eigenvalue weighted by Gasteiger charge is 2.32. The Bertz CT molecular complexity index is 4540. The standard InChI is InChI=1S/C80H80N12/c1-75(2,3)51-31-19-45(20-32-51)59-60(46-21-33-52(34-22-46)76(4,5)6)68-85-67(59)86-69-61(47-23-35-53(36-24-47)77(7,8)9)63(49-27-39-55(40-28-49)79(13,14)15)71(88-69)90-73-65-66(84-58(44-82)57(43-81)83-65)74(92-73)91-72-64(50-29-41-56(42-30-50)80(16,17)18)62(70(87-68)89-72)48-25-37-54(38-26-48)78(10,11)12/h19-42H,1-18H3,(H2,85,86,87,88,89,90,91,92). The predicted octanol–water partition coefficient (Wildman–Crippen LogP) is 19.2. The first-order chi connectivity index (χ1) is 43.3. The Morgan fingerprint density at radius 3 is 0.652 bits per heavy atom. The average Bonchev–Trinajstić information content (AvgIpc) is 1.58. The molecule has 4 aromatic heterocycles. The van der Waals surface area contributed by atoms with Gasteiger partial charge in [0.1, 0.15) is 46.1 Å². The van der Waals surface area contributed by atoms with Gasteiger partial charge in [-0.15, -0.1) is 0 Å². The monoisotopic (exact) mass is 1210 g/mol. The highest BCUT2D eigenvalue weighted by molar-refractivity contribution is 6.07. The van der Waals surface area contributed by atoms with Gasteiger partial charge in [-0.3, -0.25) is 0 Å². The molecule has 6 heterocycles. The molecular weight excluding hydrogens is 1130 g/mol. The predicted molar refractivity (Wildman–Crippen MR) is 373 cm³/mol. The molecule has 0 aliphatic carbocycles. The van der Waals surface area contributed by atoms with Crippen LogP contribution >= 0.6 is 0 Å². The van der Waals surface area contributed by atoms with Crippen molar-refractivity contribution in [3.63, 3.8) is 0 Å². The van der Waals surface area contributed by atoms with Gasteiger partial charge in [-0.05, 0) is 99.3 Å². The Morgan fingerprint density at radius 2 is 0.446 bits per heavy atom. The third-order valence-corrected chi connectivity index (χ3v) is 17.7. The van der Waals surface area contributed by atoms with Crippen LogP contribution in [0.4, 0.5) is 0 Å². The normalized spacial score (nSPS) is 13.0. The molecule has 2 N–H and O–H groups in total. The summed E-state index contributed by atoms with van der Waals surface area (Å²) < 4.78 is 0. The molecule has 0 fully saturated rings. The van der Waals surface area contributed by atoms with Gasteiger partial charge in [0.2, 0.25) is 0 Å². The number of H-pyrrole nitrogens is 2. The molecule has 0 radical (unpaired) electrons. The van der Waals surface area contributed by atoms with Gasteiger partial charge in [0, 0.05) is 33.4 Å². The summed E-state index contributed by atoms with van der Waals surface area (Å²) >= 11 is 0. The average molecular weight is 1210 g/mol. The van der Waals surface area contributed by atoms with E-state index in [-0.39, 0.29) is 66.9 Å². The zero-order chi connectivity index (χ0) is 65.8. The van der Waals surface area contributed by atoms with E-state index in [2.05, 4.69) is 292 Å². The van der Waals surface area contributed by atoms with Gasteiger partial charge < -0.3 is 9.97 Å². The first-order valence-corrected chi connectivity index (χ1v) is 31.7. The molecule has 12 heteroatoms. The van der Waals surface area contributed by atoms with Crippen molar-refractivity contribution in [3.8, 4) is 79.7 Å². The number of nitrogens with one attached hydrogen (secondary N) is 2. The van der Waals surface area contributed by atoms with Crippen LogP contribution in [0.25, 0.3) is 101 Å². The molecule has 0 unspecified atom stereocenters. The van der Waals surface area contributed by atoms with Crippen molar-refractivity contribution in [2.75, 3.05) is 0 Å². The molecule has 6 aromatic carbocycles. The topological polar surface area (TPSA) is 182 Å². The van der Waals surface area contributed by atoms with Gasteiger partial charge in [0.05, 0.1) is 0 Å². The van der Waals surface area contributed by atoms with Crippen molar-refractivity contribution < 1.29 is 0 Å². The zero-order valence-corrected chi connectivity index (χ0v) is 56.3. The van der Waals surface area contributed by atoms with Crippen LogP contribution in [0.3, 0.4) is 0 Å². The largest absolute Gasteiger partial charge is 0.324 e. The number of hydrogen-bond acceptors (Lipinski definition) is 10. The van der Waals surface area contributed by atoms with Crippen LogP contribution in [0.15, 0.2) is 146 Å². The van der Waals surface area contributed by atoms with Gasteiger partial charge in [-0.1, -0.05) is 270 Å². The van der Waals surface area contributed by atoms with Gasteiger partial charge in [-0.2, -0.15) is 10.5 Å². The second-order valence-corrected chi connectivity index (χ2v) is 30.7. The SMILES string of the molecule is CC(C)(C)c1ccc(C2=C(c3ccc(C(C)(C)C)cc3)c3nc2nc2[nH]c(nc4nc(nc5[nH]c(n3)c(-c3ccc(C(C)(C)C)cc3)c5-c3ccc(C(C)(C)C)cc3)-c3nc(C#N)c(C#N)nc3-4)c(-c3ccc(C(C)(C)C)cc3)c2-c2ccc(C(C)(C)C)cc2)cc1. The lowest BCUT2D eigenvalue weighted by Crippen LogP contribution is -2.11. The third kappa shape index (κ3) is 11.8. The van der Waals surface area contributed by atoms with Crippen LogP contribution in [0.5, 0.6) is 0 Å². The molecule has 10 aromatic rings. The number of nitriles is 2. The maximum atomic E-state index is 10.6. The number of nitrogens with zero attached hydrogens (tertiary/aromatic N) is 10. The van der Waals surface area contributed by atoms with Crippen LogP contribution in [-0.4, -0.2) is 49.8 Å². The number of rotatable bonds is 6. The highest BCUT2D eigenvalue weighted by Crippen LogP contribution is 2.46. The molecule has 0 amide bonds. The zero-order valence-electron chi connectivity index (χ0n) is 56.3. The second kappa shape index (κ2) is 22.4. The highest BCUT2D eigenvalue weighted by atomic mass is 15.1. The molecule has 0 saturated heterocycles. The Labute approximate surface area is 541 Å². The minimum Gasteiger partial charge on any atom is -0.324 e. The summed E-state index contributed by atoms with van der Waals surface area (Å²) in [5.41, 5.74) is 18.1. The minimum absolute atomic E-state index is 0.125. The molecule has 2 aliphatic rings. The summed E-state index contributed by atoms with van der Waals surface area (Å²) in [6.45, 7) is 39.9. The number of fused-ring (bicyclic) bond motifs is 11. The first kappa shape index (κ1) is 62.2. The molecule has 12 rings (SSSR count). The summed E-state index contributed by atoms with van der Waals surface area (Å²) in [6.07, 6.45) is 0. The van der Waals surface area contributed by atoms with Crippen molar-refractivity contribution in [1.82, 2.24) is 49.8 Å². The molecule has 2 aliphatic heterocycles.